The fourth-order valence-electron chi connectivity index (χ4n) is 2.24. The summed E-state index contributed by atoms with van der Waals surface area (Å²) in [6.07, 6.45) is 0.775. The molecule has 7 heteroatoms. The van der Waals surface area contributed by atoms with E-state index in [0.717, 1.165) is 6.42 Å². The Morgan fingerprint density at radius 1 is 1.42 bits per heavy atom. The lowest BCUT2D eigenvalue weighted by Gasteiger charge is -2.43. The first-order chi connectivity index (χ1) is 8.93. The summed E-state index contributed by atoms with van der Waals surface area (Å²) in [4.78, 5) is 0.0735. The number of rotatable bonds is 5. The lowest BCUT2D eigenvalue weighted by Crippen LogP contribution is -2.60. The van der Waals surface area contributed by atoms with Gasteiger partial charge in [0.1, 0.15) is 4.90 Å². The van der Waals surface area contributed by atoms with Crippen LogP contribution in [0, 0.1) is 0 Å². The molecule has 0 spiro atoms. The van der Waals surface area contributed by atoms with Gasteiger partial charge >= 0.3 is 0 Å². The number of nitrogens with one attached hydrogen (secondary N) is 1. The van der Waals surface area contributed by atoms with E-state index in [1.807, 2.05) is 6.92 Å². The van der Waals surface area contributed by atoms with Gasteiger partial charge in [-0.2, -0.15) is 0 Å². The summed E-state index contributed by atoms with van der Waals surface area (Å²) in [7, 11) is -3.75. The van der Waals surface area contributed by atoms with Gasteiger partial charge < -0.3 is 15.8 Å². The highest BCUT2D eigenvalue weighted by Gasteiger charge is 2.39. The summed E-state index contributed by atoms with van der Waals surface area (Å²) >= 11 is 0. The molecular weight excluding hydrogens is 266 g/mol. The molecule has 1 fully saturated rings. The Labute approximate surface area is 113 Å². The smallest absolute Gasteiger partial charge is 0.240 e. The van der Waals surface area contributed by atoms with Crippen molar-refractivity contribution in [1.29, 1.82) is 0 Å². The molecule has 0 saturated heterocycles. The van der Waals surface area contributed by atoms with E-state index in [4.69, 9.17) is 15.6 Å². The summed E-state index contributed by atoms with van der Waals surface area (Å²) in [6.45, 7) is 2.52. The number of anilines is 1. The minimum Gasteiger partial charge on any atom is -0.377 e. The topological polar surface area (TPSA) is 107 Å². The van der Waals surface area contributed by atoms with Crippen molar-refractivity contribution >= 4 is 15.7 Å². The van der Waals surface area contributed by atoms with Gasteiger partial charge in [0.05, 0.1) is 17.8 Å². The van der Waals surface area contributed by atoms with Crippen LogP contribution in [0.15, 0.2) is 29.2 Å². The molecule has 0 amide bonds. The highest BCUT2D eigenvalue weighted by Crippen LogP contribution is 2.28. The summed E-state index contributed by atoms with van der Waals surface area (Å²) in [5.41, 5.74) is 6.39. The van der Waals surface area contributed by atoms with Crippen LogP contribution in [0.25, 0.3) is 0 Å². The molecule has 0 heterocycles. The fourth-order valence-corrected chi connectivity index (χ4v) is 2.94. The van der Waals surface area contributed by atoms with Crippen LogP contribution in [-0.2, 0) is 14.8 Å². The lowest BCUT2D eigenvalue weighted by molar-refractivity contribution is -0.0126. The lowest BCUT2D eigenvalue weighted by atomic mass is 9.83. The van der Waals surface area contributed by atoms with E-state index in [-0.39, 0.29) is 23.1 Å². The predicted molar refractivity (Wildman–Crippen MR) is 73.2 cm³/mol. The van der Waals surface area contributed by atoms with Crippen LogP contribution in [0.3, 0.4) is 0 Å². The maximum absolute atomic E-state index is 11.5. The summed E-state index contributed by atoms with van der Waals surface area (Å²) < 4.78 is 28.5. The summed E-state index contributed by atoms with van der Waals surface area (Å²) in [5.74, 6) is 0. The van der Waals surface area contributed by atoms with E-state index in [1.54, 1.807) is 18.2 Å². The van der Waals surface area contributed by atoms with E-state index >= 15 is 0 Å². The second kappa shape index (κ2) is 5.46. The van der Waals surface area contributed by atoms with E-state index in [1.165, 1.54) is 6.07 Å². The zero-order valence-electron chi connectivity index (χ0n) is 10.7. The molecule has 0 radical (unpaired) electrons. The number of primary sulfonamides is 1. The average Bonchev–Trinajstić information content (AvgIpc) is 2.35. The second-order valence-corrected chi connectivity index (χ2v) is 6.13. The van der Waals surface area contributed by atoms with Gasteiger partial charge in [0.15, 0.2) is 0 Å². The zero-order valence-corrected chi connectivity index (χ0v) is 11.6. The number of hydrogen-bond acceptors (Lipinski definition) is 5. The monoisotopic (exact) mass is 285 g/mol. The molecule has 1 aliphatic carbocycles. The van der Waals surface area contributed by atoms with Crippen molar-refractivity contribution in [3.05, 3.63) is 24.3 Å². The third-order valence-electron chi connectivity index (χ3n) is 3.26. The Bertz CT molecular complexity index is 545. The Morgan fingerprint density at radius 3 is 2.68 bits per heavy atom. The second-order valence-electron chi connectivity index (χ2n) is 4.60. The molecule has 2 rings (SSSR count). The molecule has 1 aliphatic rings. The predicted octanol–water partition coefficient (Wildman–Crippen LogP) is 0.251. The Hall–Kier alpha value is -1.15. The third kappa shape index (κ3) is 3.06. The third-order valence-corrected chi connectivity index (χ3v) is 4.23. The van der Waals surface area contributed by atoms with Gasteiger partial charge in [-0.25, -0.2) is 13.6 Å². The average molecular weight is 285 g/mol. The fraction of sp³-hybridized carbons (Fsp3) is 0.500. The SMILES string of the molecule is CCOC1CC(N)C1Nc1ccccc1S(N)(=O)=O. The first-order valence-electron chi connectivity index (χ1n) is 6.19. The van der Waals surface area contributed by atoms with Gasteiger partial charge in [0, 0.05) is 12.6 Å². The van der Waals surface area contributed by atoms with Crippen molar-refractivity contribution < 1.29 is 13.2 Å². The highest BCUT2D eigenvalue weighted by molar-refractivity contribution is 7.89. The summed E-state index contributed by atoms with van der Waals surface area (Å²) in [5, 5.41) is 8.32. The van der Waals surface area contributed by atoms with Crippen molar-refractivity contribution in [2.75, 3.05) is 11.9 Å². The number of ether oxygens (including phenoxy) is 1. The Balaban J connectivity index is 2.20. The van der Waals surface area contributed by atoms with Crippen molar-refractivity contribution in [3.8, 4) is 0 Å². The minimum atomic E-state index is -3.75. The van der Waals surface area contributed by atoms with Gasteiger partial charge in [-0.05, 0) is 25.5 Å². The number of hydrogen-bond donors (Lipinski definition) is 3. The van der Waals surface area contributed by atoms with Gasteiger partial charge in [0.2, 0.25) is 10.0 Å². The van der Waals surface area contributed by atoms with Crippen LogP contribution >= 0.6 is 0 Å². The molecule has 3 atom stereocenters. The zero-order chi connectivity index (χ0) is 14.0. The minimum absolute atomic E-state index is 0.00790. The van der Waals surface area contributed by atoms with Crippen molar-refractivity contribution in [2.24, 2.45) is 10.9 Å². The largest absolute Gasteiger partial charge is 0.377 e. The van der Waals surface area contributed by atoms with Gasteiger partial charge in [0.25, 0.3) is 0 Å². The number of benzene rings is 1. The molecule has 3 unspecified atom stereocenters. The first-order valence-corrected chi connectivity index (χ1v) is 7.73. The number of nitrogens with two attached hydrogens (primary N) is 2. The summed E-state index contributed by atoms with van der Waals surface area (Å²) in [6, 6.07) is 6.38. The first kappa shape index (κ1) is 14.3. The van der Waals surface area contributed by atoms with Gasteiger partial charge in [-0.15, -0.1) is 0 Å². The van der Waals surface area contributed by atoms with Gasteiger partial charge in [-0.3, -0.25) is 0 Å². The number of para-hydroxylation sites is 1. The molecule has 0 aromatic heterocycles. The number of sulfonamides is 1. The quantitative estimate of drug-likeness (QED) is 0.719. The van der Waals surface area contributed by atoms with Crippen molar-refractivity contribution in [3.63, 3.8) is 0 Å². The Morgan fingerprint density at radius 2 is 2.11 bits per heavy atom. The standard InChI is InChI=1S/C12H19N3O3S/c1-2-18-10-7-8(13)12(10)15-9-5-3-4-6-11(9)19(14,16)17/h3-6,8,10,12,15H,2,7,13H2,1H3,(H2,14,16,17). The van der Waals surface area contributed by atoms with Gasteiger partial charge in [-0.1, -0.05) is 12.1 Å². The Kier molecular flexibility index (Phi) is 4.10. The van der Waals surface area contributed by atoms with Crippen LogP contribution in [0.2, 0.25) is 0 Å². The molecule has 1 aromatic rings. The molecule has 6 nitrogen and oxygen atoms in total. The van der Waals surface area contributed by atoms with Crippen LogP contribution in [0.1, 0.15) is 13.3 Å². The molecule has 19 heavy (non-hydrogen) atoms. The molecule has 0 bridgehead atoms. The molecule has 1 aromatic carbocycles. The van der Waals surface area contributed by atoms with Crippen LogP contribution in [-0.4, -0.2) is 33.2 Å². The normalized spacial score (nSPS) is 26.8. The maximum Gasteiger partial charge on any atom is 0.240 e. The molecule has 1 saturated carbocycles. The molecule has 106 valence electrons. The van der Waals surface area contributed by atoms with Crippen LogP contribution in [0.4, 0.5) is 5.69 Å². The van der Waals surface area contributed by atoms with E-state index in [2.05, 4.69) is 5.32 Å². The van der Waals surface area contributed by atoms with E-state index in [0.29, 0.717) is 12.3 Å². The van der Waals surface area contributed by atoms with Crippen molar-refractivity contribution in [2.45, 2.75) is 36.4 Å². The molecule has 0 aliphatic heterocycles. The highest BCUT2D eigenvalue weighted by atomic mass is 32.2. The molecular formula is C12H19N3O3S. The maximum atomic E-state index is 11.5. The molecule has 5 N–H and O–H groups in total. The van der Waals surface area contributed by atoms with E-state index in [9.17, 15) is 8.42 Å². The van der Waals surface area contributed by atoms with Crippen molar-refractivity contribution in [1.82, 2.24) is 0 Å². The van der Waals surface area contributed by atoms with E-state index < -0.39 is 10.0 Å². The van der Waals surface area contributed by atoms with Crippen LogP contribution < -0.4 is 16.2 Å². The van der Waals surface area contributed by atoms with Crippen LogP contribution in [0.5, 0.6) is 0 Å².